The maximum Gasteiger partial charge on any atom is 0.338 e. The Balaban J connectivity index is 1.13. The zero-order chi connectivity index (χ0) is 47.1. The molecule has 6 aromatic rings. The molecule has 2 saturated heterocycles. The molecule has 2 heterocycles. The Morgan fingerprint density at radius 2 is 0.838 bits per heavy atom. The fourth-order valence-electron chi connectivity index (χ4n) is 7.88. The van der Waals surface area contributed by atoms with Crippen molar-refractivity contribution in [2.24, 2.45) is 0 Å². The molecule has 0 saturated carbocycles. The van der Waals surface area contributed by atoms with Crippen molar-refractivity contribution < 1.29 is 67.2 Å². The van der Waals surface area contributed by atoms with Crippen LogP contribution in [0.3, 0.4) is 0 Å². The van der Waals surface area contributed by atoms with Gasteiger partial charge >= 0.3 is 17.9 Å². The smallest absolute Gasteiger partial charge is 0.338 e. The maximum absolute atomic E-state index is 13.9. The third-order valence-corrected chi connectivity index (χ3v) is 11.4. The molecule has 2 fully saturated rings. The number of benzene rings is 6. The van der Waals surface area contributed by atoms with Crippen LogP contribution in [0.25, 0.3) is 0 Å². The topological polar surface area (TPSA) is 175 Å². The van der Waals surface area contributed by atoms with Crippen LogP contribution in [-0.2, 0) is 62.5 Å². The molecular weight excluding hydrogens is 873 g/mol. The molecule has 14 heteroatoms. The van der Waals surface area contributed by atoms with Gasteiger partial charge in [-0.15, -0.1) is 0 Å². The second-order valence-electron chi connectivity index (χ2n) is 16.2. The van der Waals surface area contributed by atoms with Crippen LogP contribution in [0.2, 0.25) is 0 Å². The molecule has 2 aliphatic heterocycles. The maximum atomic E-state index is 13.9. The van der Waals surface area contributed by atoms with Gasteiger partial charge in [0.05, 0.1) is 43.1 Å². The van der Waals surface area contributed by atoms with E-state index in [4.69, 9.17) is 42.6 Å². The molecule has 2 N–H and O–H groups in total. The van der Waals surface area contributed by atoms with Gasteiger partial charge in [0.1, 0.15) is 43.2 Å². The first-order chi connectivity index (χ1) is 33.3. The molecule has 0 aliphatic carbocycles. The summed E-state index contributed by atoms with van der Waals surface area (Å²) in [6, 6.07) is 52.7. The fraction of sp³-hybridized carbons (Fsp3) is 0.278. The molecule has 0 aromatic heterocycles. The molecule has 0 bridgehead atoms. The van der Waals surface area contributed by atoms with Gasteiger partial charge in [-0.25, -0.2) is 14.4 Å². The average molecular weight is 925 g/mol. The molecule has 0 spiro atoms. The summed E-state index contributed by atoms with van der Waals surface area (Å²) in [5, 5.41) is 24.4. The third-order valence-electron chi connectivity index (χ3n) is 11.4. The minimum Gasteiger partial charge on any atom is -0.459 e. The Morgan fingerprint density at radius 3 is 1.34 bits per heavy atom. The van der Waals surface area contributed by atoms with E-state index in [-0.39, 0.29) is 43.1 Å². The number of esters is 3. The van der Waals surface area contributed by atoms with Crippen LogP contribution in [0, 0.1) is 0 Å². The Labute approximate surface area is 393 Å². The predicted octanol–water partition coefficient (Wildman–Crippen LogP) is 6.87. The molecule has 68 heavy (non-hydrogen) atoms. The van der Waals surface area contributed by atoms with Gasteiger partial charge in [0.2, 0.25) is 0 Å². The lowest BCUT2D eigenvalue weighted by Crippen LogP contribution is -2.66. The third kappa shape index (κ3) is 12.7. The van der Waals surface area contributed by atoms with Crippen LogP contribution < -0.4 is 0 Å². The SMILES string of the molecule is O=C(OC[C@H]1O[C@H](O[C@H]2[C@@H](OCc3ccccc3)[C@H](OCc3ccccc3)[C@@H](COCc3ccccc3)O[C@@H]2O)[C@@H](OC(=O)c2ccccc2)[C@@H](O)[C@@H]1OC(=O)c1ccccc1)c1ccccc1. The molecular formula is C54H52O14. The largest absolute Gasteiger partial charge is 0.459 e. The van der Waals surface area contributed by atoms with Crippen molar-refractivity contribution in [3.05, 3.63) is 215 Å². The molecule has 0 amide bonds. The quantitative estimate of drug-likeness (QED) is 0.0636. The number of rotatable bonds is 19. The van der Waals surface area contributed by atoms with E-state index in [1.54, 1.807) is 66.7 Å². The van der Waals surface area contributed by atoms with Gasteiger partial charge in [0.15, 0.2) is 24.8 Å². The van der Waals surface area contributed by atoms with E-state index in [1.807, 2.05) is 91.0 Å². The van der Waals surface area contributed by atoms with Gasteiger partial charge in [-0.3, -0.25) is 0 Å². The van der Waals surface area contributed by atoms with Gasteiger partial charge < -0.3 is 52.8 Å². The van der Waals surface area contributed by atoms with Crippen LogP contribution in [-0.4, -0.2) is 103 Å². The number of aliphatic hydroxyl groups is 2. The van der Waals surface area contributed by atoms with Gasteiger partial charge in [-0.05, 0) is 53.1 Å². The molecule has 0 radical (unpaired) electrons. The molecule has 10 atom stereocenters. The van der Waals surface area contributed by atoms with E-state index >= 15 is 0 Å². The van der Waals surface area contributed by atoms with Gasteiger partial charge in [-0.2, -0.15) is 0 Å². The summed E-state index contributed by atoms with van der Waals surface area (Å²) in [5.74, 6) is -2.43. The van der Waals surface area contributed by atoms with E-state index in [2.05, 4.69) is 0 Å². The van der Waals surface area contributed by atoms with Crippen molar-refractivity contribution in [1.29, 1.82) is 0 Å². The van der Waals surface area contributed by atoms with E-state index in [1.165, 1.54) is 24.3 Å². The van der Waals surface area contributed by atoms with Gasteiger partial charge in [0.25, 0.3) is 0 Å². The lowest BCUT2D eigenvalue weighted by Gasteiger charge is -2.48. The van der Waals surface area contributed by atoms with Crippen molar-refractivity contribution in [3.63, 3.8) is 0 Å². The summed E-state index contributed by atoms with van der Waals surface area (Å²) in [5.41, 5.74) is 3.08. The van der Waals surface area contributed by atoms with E-state index in [0.29, 0.717) is 0 Å². The van der Waals surface area contributed by atoms with Crippen LogP contribution in [0.15, 0.2) is 182 Å². The number of hydrogen-bond acceptors (Lipinski definition) is 14. The number of carbonyl (C=O) groups is 3. The fourth-order valence-corrected chi connectivity index (χ4v) is 7.88. The normalized spacial score (nSPS) is 24.6. The van der Waals surface area contributed by atoms with E-state index in [0.717, 1.165) is 16.7 Å². The first-order valence-electron chi connectivity index (χ1n) is 22.3. The zero-order valence-electron chi connectivity index (χ0n) is 36.9. The lowest BCUT2D eigenvalue weighted by molar-refractivity contribution is -0.368. The second-order valence-corrected chi connectivity index (χ2v) is 16.2. The van der Waals surface area contributed by atoms with Crippen molar-refractivity contribution in [2.75, 3.05) is 13.2 Å². The summed E-state index contributed by atoms with van der Waals surface area (Å²) in [4.78, 5) is 40.8. The minimum absolute atomic E-state index is 0.0252. The zero-order valence-corrected chi connectivity index (χ0v) is 36.9. The number of hydrogen-bond donors (Lipinski definition) is 2. The molecule has 0 unspecified atom stereocenters. The summed E-state index contributed by atoms with van der Waals surface area (Å²) in [6.07, 6.45) is -14.6. The summed E-state index contributed by atoms with van der Waals surface area (Å²) in [7, 11) is 0. The minimum atomic E-state index is -1.86. The second kappa shape index (κ2) is 23.9. The first kappa shape index (κ1) is 47.9. The van der Waals surface area contributed by atoms with Crippen molar-refractivity contribution in [2.45, 2.75) is 81.2 Å². The van der Waals surface area contributed by atoms with Crippen molar-refractivity contribution in [1.82, 2.24) is 0 Å². The number of carbonyl (C=O) groups excluding carboxylic acids is 3. The molecule has 352 valence electrons. The Bertz CT molecular complexity index is 2460. The highest BCUT2D eigenvalue weighted by molar-refractivity contribution is 5.90. The number of aliphatic hydroxyl groups excluding tert-OH is 2. The van der Waals surface area contributed by atoms with E-state index < -0.39 is 85.9 Å². The highest BCUT2D eigenvalue weighted by Crippen LogP contribution is 2.35. The van der Waals surface area contributed by atoms with Crippen LogP contribution in [0.1, 0.15) is 47.8 Å². The van der Waals surface area contributed by atoms with Gasteiger partial charge in [-0.1, -0.05) is 146 Å². The lowest BCUT2D eigenvalue weighted by atomic mass is 9.96. The van der Waals surface area contributed by atoms with Crippen molar-refractivity contribution in [3.8, 4) is 0 Å². The standard InChI is InChI=1S/C54H52O14/c55-44-45(66-51(57)40-27-15-5-16-28-40)43(35-63-50(56)39-25-13-4-14-26-39)65-54(47(44)67-52(58)41-29-17-6-18-30-41)68-49-48(62-33-38-23-11-3-12-24-38)46(61-32-37-21-9-2-10-22-37)42(64-53(49)59)34-60-31-36-19-7-1-8-20-36/h1-30,42-49,53-55,59H,31-35H2/t42-,43-,44+,45-,46-,47+,48+,49+,53+,54-/m1/s1. The first-order valence-corrected chi connectivity index (χ1v) is 22.3. The van der Waals surface area contributed by atoms with Crippen LogP contribution >= 0.6 is 0 Å². The van der Waals surface area contributed by atoms with Crippen LogP contribution in [0.4, 0.5) is 0 Å². The predicted molar refractivity (Wildman–Crippen MR) is 245 cm³/mol. The Kier molecular flexibility index (Phi) is 16.8. The summed E-state index contributed by atoms with van der Waals surface area (Å²) in [6.45, 7) is -0.193. The highest BCUT2D eigenvalue weighted by atomic mass is 16.8. The number of ether oxygens (including phenoxy) is 9. The van der Waals surface area contributed by atoms with Crippen LogP contribution in [0.5, 0.6) is 0 Å². The monoisotopic (exact) mass is 924 g/mol. The summed E-state index contributed by atoms with van der Waals surface area (Å²) >= 11 is 0. The van der Waals surface area contributed by atoms with E-state index in [9.17, 15) is 24.6 Å². The molecule has 6 aromatic carbocycles. The van der Waals surface area contributed by atoms with Gasteiger partial charge in [0, 0.05) is 0 Å². The molecule has 2 aliphatic rings. The average Bonchev–Trinajstić information content (AvgIpc) is 3.39. The summed E-state index contributed by atoms with van der Waals surface area (Å²) < 4.78 is 56.6. The Morgan fingerprint density at radius 1 is 0.426 bits per heavy atom. The molecule has 8 rings (SSSR count). The highest BCUT2D eigenvalue weighted by Gasteiger charge is 2.55. The van der Waals surface area contributed by atoms with Crippen molar-refractivity contribution >= 4 is 17.9 Å². The molecule has 14 nitrogen and oxygen atoms in total. The Hall–Kier alpha value is -6.59.